The summed E-state index contributed by atoms with van der Waals surface area (Å²) in [6.07, 6.45) is 3.90. The lowest BCUT2D eigenvalue weighted by atomic mass is 9.91. The van der Waals surface area contributed by atoms with Crippen molar-refractivity contribution in [3.8, 4) is 0 Å². The number of fused-ring (bicyclic) bond motifs is 1. The minimum absolute atomic E-state index is 0.0629. The zero-order chi connectivity index (χ0) is 25.3. The number of nitrogens with zero attached hydrogens (tertiary/aromatic N) is 1. The summed E-state index contributed by atoms with van der Waals surface area (Å²) in [5, 5.41) is 2.80. The first-order valence-corrected chi connectivity index (χ1v) is 13.5. The maximum atomic E-state index is 13.8. The Bertz CT molecular complexity index is 1250. The summed E-state index contributed by atoms with van der Waals surface area (Å²) in [6.45, 7) is 0.788. The summed E-state index contributed by atoms with van der Waals surface area (Å²) in [7, 11) is -3.44. The molecule has 0 saturated carbocycles. The van der Waals surface area contributed by atoms with E-state index in [4.69, 9.17) is 5.73 Å². The van der Waals surface area contributed by atoms with Crippen molar-refractivity contribution in [2.75, 3.05) is 19.3 Å². The lowest BCUT2D eigenvalue weighted by Crippen LogP contribution is -2.45. The van der Waals surface area contributed by atoms with Crippen LogP contribution in [0, 0.1) is 11.6 Å². The lowest BCUT2D eigenvalue weighted by Gasteiger charge is -2.28. The Morgan fingerprint density at radius 1 is 1.17 bits per heavy atom. The van der Waals surface area contributed by atoms with Crippen molar-refractivity contribution >= 4 is 21.7 Å². The van der Waals surface area contributed by atoms with Gasteiger partial charge in [-0.2, -0.15) is 0 Å². The summed E-state index contributed by atoms with van der Waals surface area (Å²) in [5.74, 6) is -2.55. The minimum Gasteiger partial charge on any atom is -0.350 e. The number of nitrogens with one attached hydrogen (secondary N) is 1. The van der Waals surface area contributed by atoms with Crippen molar-refractivity contribution in [2.24, 2.45) is 5.73 Å². The summed E-state index contributed by atoms with van der Waals surface area (Å²) in [4.78, 5) is 27.4. The van der Waals surface area contributed by atoms with Crippen molar-refractivity contribution in [1.29, 1.82) is 0 Å². The van der Waals surface area contributed by atoms with E-state index in [1.165, 1.54) is 36.4 Å². The van der Waals surface area contributed by atoms with Crippen molar-refractivity contribution in [1.82, 2.24) is 10.2 Å². The van der Waals surface area contributed by atoms with Crippen LogP contribution in [0.1, 0.15) is 53.1 Å². The fourth-order valence-electron chi connectivity index (χ4n) is 5.09. The number of carbonyl (C=O) groups excluding carboxylic acids is 2. The van der Waals surface area contributed by atoms with E-state index in [1.54, 1.807) is 4.90 Å². The van der Waals surface area contributed by atoms with Crippen LogP contribution < -0.4 is 11.1 Å². The molecule has 0 radical (unpaired) electrons. The van der Waals surface area contributed by atoms with Crippen LogP contribution in [0.4, 0.5) is 8.78 Å². The number of rotatable bonds is 7. The largest absolute Gasteiger partial charge is 0.350 e. The molecule has 3 atom stereocenters. The van der Waals surface area contributed by atoms with E-state index in [0.717, 1.165) is 24.7 Å². The van der Waals surface area contributed by atoms with E-state index < -0.39 is 33.4 Å². The molecular formula is C25H29F2N3O4S. The number of amides is 2. The quantitative estimate of drug-likeness (QED) is 0.601. The van der Waals surface area contributed by atoms with Gasteiger partial charge >= 0.3 is 0 Å². The van der Waals surface area contributed by atoms with Gasteiger partial charge < -0.3 is 16.0 Å². The molecule has 10 heteroatoms. The van der Waals surface area contributed by atoms with Gasteiger partial charge in [-0.05, 0) is 67.1 Å². The highest BCUT2D eigenvalue weighted by molar-refractivity contribution is 7.90. The minimum atomic E-state index is -3.44. The Hall–Kier alpha value is -2.85. The zero-order valence-electron chi connectivity index (χ0n) is 19.5. The number of benzene rings is 2. The number of halogens is 2. The van der Waals surface area contributed by atoms with Gasteiger partial charge in [0.2, 0.25) is 5.91 Å². The maximum absolute atomic E-state index is 13.8. The summed E-state index contributed by atoms with van der Waals surface area (Å²) in [5.41, 5.74) is 8.00. The smallest absolute Gasteiger partial charge is 0.251 e. The van der Waals surface area contributed by atoms with Crippen LogP contribution >= 0.6 is 0 Å². The lowest BCUT2D eigenvalue weighted by molar-refractivity contribution is -0.132. The van der Waals surface area contributed by atoms with Gasteiger partial charge in [0.1, 0.15) is 0 Å². The summed E-state index contributed by atoms with van der Waals surface area (Å²) < 4.78 is 50.8. The third-order valence-electron chi connectivity index (χ3n) is 6.95. The van der Waals surface area contributed by atoms with Crippen molar-refractivity contribution in [3.05, 3.63) is 64.7 Å². The molecule has 1 heterocycles. The predicted octanol–water partition coefficient (Wildman–Crippen LogP) is 2.54. The third-order valence-corrected chi connectivity index (χ3v) is 8.06. The number of hydrogen-bond acceptors (Lipinski definition) is 5. The fourth-order valence-corrected chi connectivity index (χ4v) is 5.76. The van der Waals surface area contributed by atoms with Crippen LogP contribution in [0.5, 0.6) is 0 Å². The normalized spacial score (nSPS) is 20.5. The van der Waals surface area contributed by atoms with Gasteiger partial charge in [-0.25, -0.2) is 17.2 Å². The highest BCUT2D eigenvalue weighted by Crippen LogP contribution is 2.37. The third kappa shape index (κ3) is 5.54. The van der Waals surface area contributed by atoms with Crippen molar-refractivity contribution in [3.63, 3.8) is 0 Å². The number of likely N-dealkylation sites (tertiary alicyclic amines) is 1. The summed E-state index contributed by atoms with van der Waals surface area (Å²) >= 11 is 0. The molecule has 35 heavy (non-hydrogen) atoms. The molecule has 3 N–H and O–H groups in total. The van der Waals surface area contributed by atoms with E-state index in [0.29, 0.717) is 24.9 Å². The molecule has 1 saturated heterocycles. The van der Waals surface area contributed by atoms with Gasteiger partial charge in [-0.3, -0.25) is 9.59 Å². The van der Waals surface area contributed by atoms with Crippen molar-refractivity contribution in [2.45, 2.75) is 55.0 Å². The number of hydrogen-bond donors (Lipinski definition) is 2. The SMILES string of the molecule is CS(=O)(=O)c1cccc(C(=O)NC[C@@H]2CCCN2C(=O)C[C@H](N)[C@H]2CCc3cc(F)c(F)cc32)c1. The molecule has 1 aliphatic heterocycles. The first kappa shape index (κ1) is 25.2. The van der Waals surface area contributed by atoms with Crippen LogP contribution in [0.3, 0.4) is 0 Å². The van der Waals surface area contributed by atoms with Crippen LogP contribution in [-0.4, -0.2) is 56.6 Å². The molecule has 4 rings (SSSR count). The Labute approximate surface area is 203 Å². The average Bonchev–Trinajstić information content (AvgIpc) is 3.44. The highest BCUT2D eigenvalue weighted by Gasteiger charge is 2.34. The summed E-state index contributed by atoms with van der Waals surface area (Å²) in [6, 6.07) is 7.50. The van der Waals surface area contributed by atoms with Crippen LogP contribution in [0.15, 0.2) is 41.3 Å². The molecule has 2 aromatic carbocycles. The monoisotopic (exact) mass is 505 g/mol. The molecule has 2 amide bonds. The molecule has 1 fully saturated rings. The van der Waals surface area contributed by atoms with Gasteiger partial charge in [0, 0.05) is 49.3 Å². The van der Waals surface area contributed by atoms with Gasteiger partial charge in [-0.15, -0.1) is 0 Å². The van der Waals surface area contributed by atoms with E-state index in [2.05, 4.69) is 5.32 Å². The van der Waals surface area contributed by atoms with E-state index in [1.807, 2.05) is 0 Å². The molecule has 1 aliphatic carbocycles. The van der Waals surface area contributed by atoms with Crippen molar-refractivity contribution < 1.29 is 26.8 Å². The molecular weight excluding hydrogens is 476 g/mol. The van der Waals surface area contributed by atoms with E-state index in [-0.39, 0.29) is 41.3 Å². The number of sulfone groups is 1. The molecule has 7 nitrogen and oxygen atoms in total. The Balaban J connectivity index is 1.36. The molecule has 0 bridgehead atoms. The molecule has 0 spiro atoms. The second-order valence-electron chi connectivity index (χ2n) is 9.37. The Morgan fingerprint density at radius 2 is 1.91 bits per heavy atom. The van der Waals surface area contributed by atoms with Crippen LogP contribution in [0.25, 0.3) is 0 Å². The number of carbonyl (C=O) groups is 2. The molecule has 188 valence electrons. The first-order chi connectivity index (χ1) is 16.5. The average molecular weight is 506 g/mol. The van der Waals surface area contributed by atoms with E-state index in [9.17, 15) is 26.8 Å². The maximum Gasteiger partial charge on any atom is 0.251 e. The van der Waals surface area contributed by atoms with Crippen LogP contribution in [0.2, 0.25) is 0 Å². The standard InChI is InChI=1S/C25H29F2N3O4S/c1-35(33,34)18-6-2-4-16(10-18)25(32)29-14-17-5-3-9-30(17)24(31)13-23(28)19-8-7-15-11-21(26)22(27)12-20(15)19/h2,4,6,10-12,17,19,23H,3,5,7-9,13-14,28H2,1H3,(H,29,32)/t17-,19-,23-/m0/s1. The van der Waals surface area contributed by atoms with Crippen LogP contribution in [-0.2, 0) is 21.1 Å². The fraction of sp³-hybridized carbons (Fsp3) is 0.440. The molecule has 0 aromatic heterocycles. The molecule has 2 aromatic rings. The predicted molar refractivity (Wildman–Crippen MR) is 127 cm³/mol. The topological polar surface area (TPSA) is 110 Å². The van der Waals surface area contributed by atoms with Gasteiger partial charge in [0.25, 0.3) is 5.91 Å². The van der Waals surface area contributed by atoms with Gasteiger partial charge in [-0.1, -0.05) is 6.07 Å². The number of aryl methyl sites for hydroxylation is 1. The Kier molecular flexibility index (Phi) is 7.23. The van der Waals surface area contributed by atoms with E-state index >= 15 is 0 Å². The molecule has 0 unspecified atom stereocenters. The second-order valence-corrected chi connectivity index (χ2v) is 11.4. The zero-order valence-corrected chi connectivity index (χ0v) is 20.3. The molecule has 2 aliphatic rings. The highest BCUT2D eigenvalue weighted by atomic mass is 32.2. The second kappa shape index (κ2) is 10.0. The number of nitrogens with two attached hydrogens (primary N) is 1. The first-order valence-electron chi connectivity index (χ1n) is 11.7. The van der Waals surface area contributed by atoms with Gasteiger partial charge in [0.15, 0.2) is 21.5 Å². The van der Waals surface area contributed by atoms with Gasteiger partial charge in [0.05, 0.1) is 4.90 Å². The Morgan fingerprint density at radius 3 is 2.66 bits per heavy atom.